The van der Waals surface area contributed by atoms with Gasteiger partial charge in [-0.2, -0.15) is 5.26 Å². The van der Waals surface area contributed by atoms with E-state index >= 15 is 0 Å². The summed E-state index contributed by atoms with van der Waals surface area (Å²) in [5.74, 6) is -0.000937. The van der Waals surface area contributed by atoms with Crippen LogP contribution in [0.5, 0.6) is 17.2 Å². The van der Waals surface area contributed by atoms with Crippen LogP contribution < -0.4 is 10.5 Å². The Labute approximate surface area is 149 Å². The Bertz CT molecular complexity index is 855. The van der Waals surface area contributed by atoms with Crippen LogP contribution in [0.3, 0.4) is 0 Å². The molecule has 0 heterocycles. The van der Waals surface area contributed by atoms with Crippen molar-refractivity contribution in [3.05, 3.63) is 53.1 Å². The third-order valence-corrected chi connectivity index (χ3v) is 4.38. The number of hydrogen-bond acceptors (Lipinski definition) is 6. The predicted molar refractivity (Wildman–Crippen MR) is 95.1 cm³/mol. The summed E-state index contributed by atoms with van der Waals surface area (Å²) in [5, 5.41) is 28.5. The highest BCUT2D eigenvalue weighted by Crippen LogP contribution is 2.36. The highest BCUT2D eigenvalue weighted by atomic mass is 32.2. The Hall–Kier alpha value is -3.11. The number of methoxy groups -OCH3 is 1. The summed E-state index contributed by atoms with van der Waals surface area (Å²) >= 11 is 1.45. The van der Waals surface area contributed by atoms with Crippen LogP contribution in [0.4, 0.5) is 0 Å². The smallest absolute Gasteiger partial charge is 0.259 e. The van der Waals surface area contributed by atoms with Gasteiger partial charge < -0.3 is 20.7 Å². The normalized spacial score (nSPS) is 11.0. The maximum absolute atomic E-state index is 11.2. The third kappa shape index (κ3) is 4.68. The van der Waals surface area contributed by atoms with E-state index in [1.807, 2.05) is 0 Å². The maximum Gasteiger partial charge on any atom is 0.259 e. The highest BCUT2D eigenvalue weighted by molar-refractivity contribution is 7.98. The summed E-state index contributed by atoms with van der Waals surface area (Å²) in [4.78, 5) is 12.1. The molecule has 2 aromatic rings. The molecule has 0 aromatic heterocycles. The number of thioether (sulfide) groups is 1. The van der Waals surface area contributed by atoms with Crippen molar-refractivity contribution in [2.24, 2.45) is 5.73 Å². The first-order valence-electron chi connectivity index (χ1n) is 7.18. The zero-order chi connectivity index (χ0) is 18.4. The lowest BCUT2D eigenvalue weighted by atomic mass is 10.1. The molecule has 25 heavy (non-hydrogen) atoms. The molecule has 0 saturated heterocycles. The Kier molecular flexibility index (Phi) is 5.93. The maximum atomic E-state index is 11.2. The quantitative estimate of drug-likeness (QED) is 0.416. The van der Waals surface area contributed by atoms with Gasteiger partial charge in [0.05, 0.1) is 7.11 Å². The third-order valence-electron chi connectivity index (χ3n) is 3.32. The van der Waals surface area contributed by atoms with Crippen molar-refractivity contribution in [1.29, 1.82) is 5.26 Å². The number of nitrogens with zero attached hydrogens (tertiary/aromatic N) is 1. The van der Waals surface area contributed by atoms with Crippen molar-refractivity contribution in [2.75, 3.05) is 7.11 Å². The second-order valence-corrected chi connectivity index (χ2v) is 6.10. The molecule has 2 aromatic carbocycles. The lowest BCUT2D eigenvalue weighted by molar-refractivity contribution is -0.114. The molecule has 0 aliphatic rings. The summed E-state index contributed by atoms with van der Waals surface area (Å²) in [7, 11) is 1.42. The zero-order valence-corrected chi connectivity index (χ0v) is 14.2. The molecule has 1 amide bonds. The van der Waals surface area contributed by atoms with Gasteiger partial charge in [-0.3, -0.25) is 4.79 Å². The van der Waals surface area contributed by atoms with Crippen LogP contribution in [-0.2, 0) is 10.5 Å². The summed E-state index contributed by atoms with van der Waals surface area (Å²) in [6.45, 7) is 0. The largest absolute Gasteiger partial charge is 0.508 e. The Balaban J connectivity index is 2.33. The van der Waals surface area contributed by atoms with Gasteiger partial charge in [-0.05, 0) is 48.0 Å². The minimum atomic E-state index is -0.824. The molecule has 0 fully saturated rings. The minimum absolute atomic E-state index is 0.0106. The number of phenolic OH excluding ortho intramolecular Hbond substituents is 2. The number of nitriles is 1. The molecule has 0 bridgehead atoms. The molecule has 0 atom stereocenters. The molecule has 0 spiro atoms. The summed E-state index contributed by atoms with van der Waals surface area (Å²) in [6.07, 6.45) is 1.35. The first-order chi connectivity index (χ1) is 11.9. The average molecular weight is 356 g/mol. The number of rotatable bonds is 6. The number of ether oxygens (including phenoxy) is 1. The first kappa shape index (κ1) is 18.2. The molecule has 7 heteroatoms. The topological polar surface area (TPSA) is 117 Å². The van der Waals surface area contributed by atoms with Gasteiger partial charge in [0, 0.05) is 16.2 Å². The molecular weight excluding hydrogens is 340 g/mol. The molecule has 0 aliphatic carbocycles. The number of primary amides is 1. The van der Waals surface area contributed by atoms with E-state index in [-0.39, 0.29) is 22.8 Å². The second-order valence-electron chi connectivity index (χ2n) is 5.05. The van der Waals surface area contributed by atoms with Gasteiger partial charge in [0.2, 0.25) is 0 Å². The van der Waals surface area contributed by atoms with Crippen LogP contribution in [0, 0.1) is 11.3 Å². The van der Waals surface area contributed by atoms with Crippen LogP contribution in [0.1, 0.15) is 11.1 Å². The molecule has 4 N–H and O–H groups in total. The Morgan fingerprint density at radius 1 is 1.32 bits per heavy atom. The van der Waals surface area contributed by atoms with Crippen molar-refractivity contribution in [2.45, 2.75) is 10.6 Å². The number of carbonyl (C=O) groups is 1. The van der Waals surface area contributed by atoms with Crippen LogP contribution >= 0.6 is 11.8 Å². The average Bonchev–Trinajstić information content (AvgIpc) is 2.60. The van der Waals surface area contributed by atoms with E-state index in [9.17, 15) is 15.0 Å². The lowest BCUT2D eigenvalue weighted by Gasteiger charge is -2.11. The van der Waals surface area contributed by atoms with Crippen LogP contribution in [0.25, 0.3) is 6.08 Å². The molecule has 2 rings (SSSR count). The number of nitrogens with two attached hydrogens (primary N) is 1. The Morgan fingerprint density at radius 3 is 2.56 bits per heavy atom. The number of hydrogen-bond donors (Lipinski definition) is 3. The van der Waals surface area contributed by atoms with Crippen molar-refractivity contribution in [1.82, 2.24) is 0 Å². The number of phenols is 2. The monoisotopic (exact) mass is 356 g/mol. The second kappa shape index (κ2) is 8.13. The van der Waals surface area contributed by atoms with E-state index in [0.29, 0.717) is 16.9 Å². The van der Waals surface area contributed by atoms with Crippen LogP contribution in [0.2, 0.25) is 0 Å². The summed E-state index contributed by atoms with van der Waals surface area (Å²) in [5.41, 5.74) is 6.05. The van der Waals surface area contributed by atoms with Crippen molar-refractivity contribution in [3.8, 4) is 23.3 Å². The van der Waals surface area contributed by atoms with Crippen LogP contribution in [0.15, 0.2) is 46.9 Å². The van der Waals surface area contributed by atoms with Crippen molar-refractivity contribution < 1.29 is 19.7 Å². The van der Waals surface area contributed by atoms with Gasteiger partial charge in [-0.25, -0.2) is 0 Å². The SMILES string of the molecule is COc1cc(/C=C(\C#N)C(N)=O)cc(CSc2ccc(O)cc2)c1O. The zero-order valence-electron chi connectivity index (χ0n) is 13.4. The van der Waals surface area contributed by atoms with E-state index in [1.54, 1.807) is 36.4 Å². The molecular formula is C18H16N2O4S. The summed E-state index contributed by atoms with van der Waals surface area (Å²) < 4.78 is 5.15. The predicted octanol–water partition coefficient (Wildman–Crippen LogP) is 2.79. The number of aromatic hydroxyl groups is 2. The summed E-state index contributed by atoms with van der Waals surface area (Å²) in [6, 6.07) is 11.6. The van der Waals surface area contributed by atoms with E-state index in [0.717, 1.165) is 4.90 Å². The van der Waals surface area contributed by atoms with Gasteiger partial charge in [-0.15, -0.1) is 11.8 Å². The minimum Gasteiger partial charge on any atom is -0.508 e. The van der Waals surface area contributed by atoms with Gasteiger partial charge in [-0.1, -0.05) is 0 Å². The van der Waals surface area contributed by atoms with Crippen molar-refractivity contribution >= 4 is 23.7 Å². The van der Waals surface area contributed by atoms with Gasteiger partial charge in [0.1, 0.15) is 17.4 Å². The van der Waals surface area contributed by atoms with Gasteiger partial charge in [0.15, 0.2) is 11.5 Å². The van der Waals surface area contributed by atoms with E-state index in [4.69, 9.17) is 15.7 Å². The van der Waals surface area contributed by atoms with E-state index in [1.165, 1.54) is 31.0 Å². The molecule has 0 unspecified atom stereocenters. The molecule has 0 aliphatic heterocycles. The number of carbonyl (C=O) groups excluding carboxylic acids is 1. The first-order valence-corrected chi connectivity index (χ1v) is 8.16. The fraction of sp³-hybridized carbons (Fsp3) is 0.111. The molecule has 0 saturated carbocycles. The molecule has 128 valence electrons. The number of amides is 1. The van der Waals surface area contributed by atoms with Crippen molar-refractivity contribution in [3.63, 3.8) is 0 Å². The van der Waals surface area contributed by atoms with Crippen LogP contribution in [-0.4, -0.2) is 23.2 Å². The molecule has 6 nitrogen and oxygen atoms in total. The Morgan fingerprint density at radius 2 is 2.00 bits per heavy atom. The van der Waals surface area contributed by atoms with Gasteiger partial charge >= 0.3 is 0 Å². The van der Waals surface area contributed by atoms with E-state index < -0.39 is 5.91 Å². The fourth-order valence-electron chi connectivity index (χ4n) is 2.07. The fourth-order valence-corrected chi connectivity index (χ4v) is 2.94. The highest BCUT2D eigenvalue weighted by Gasteiger charge is 2.12. The standard InChI is InChI=1S/C18H16N2O4S/c1-24-16-8-11(6-12(9-19)18(20)23)7-13(17(16)22)10-25-15-4-2-14(21)3-5-15/h2-8,21-22H,10H2,1H3,(H2,20,23)/b12-6+. The molecule has 0 radical (unpaired) electrons. The number of benzene rings is 2. The lowest BCUT2D eigenvalue weighted by Crippen LogP contribution is -2.12. The van der Waals surface area contributed by atoms with E-state index in [2.05, 4.69) is 0 Å². The van der Waals surface area contributed by atoms with Gasteiger partial charge in [0.25, 0.3) is 5.91 Å².